The minimum absolute atomic E-state index is 0.958. The van der Waals surface area contributed by atoms with Gasteiger partial charge in [-0.25, -0.2) is 9.97 Å². The maximum absolute atomic E-state index is 4.44. The highest BCUT2D eigenvalue weighted by atomic mass is 15.2. The molecule has 0 unspecified atom stereocenters. The van der Waals surface area contributed by atoms with E-state index in [0.717, 1.165) is 36.6 Å². The maximum Gasteiger partial charge on any atom is 0.205 e. The lowest BCUT2D eigenvalue weighted by Gasteiger charge is -2.14. The summed E-state index contributed by atoms with van der Waals surface area (Å²) >= 11 is 0. The molecular formula is C9H10N4. The van der Waals surface area contributed by atoms with E-state index in [-0.39, 0.29) is 0 Å². The third-order valence-electron chi connectivity index (χ3n) is 2.35. The first kappa shape index (κ1) is 6.88. The first-order valence-electron chi connectivity index (χ1n) is 4.50. The number of rotatable bonds is 0. The molecule has 3 rings (SSSR count). The first-order chi connectivity index (χ1) is 6.45. The molecule has 1 aliphatic rings. The van der Waals surface area contributed by atoms with Crippen molar-refractivity contribution >= 4 is 17.1 Å². The second kappa shape index (κ2) is 2.45. The van der Waals surface area contributed by atoms with Gasteiger partial charge in [0.15, 0.2) is 5.65 Å². The number of hydrogen-bond acceptors (Lipinski definition) is 3. The third kappa shape index (κ3) is 0.915. The monoisotopic (exact) mass is 174 g/mol. The fourth-order valence-corrected chi connectivity index (χ4v) is 1.74. The normalized spacial score (nSPS) is 15.4. The number of pyridine rings is 1. The predicted molar refractivity (Wildman–Crippen MR) is 50.6 cm³/mol. The largest absolute Gasteiger partial charge is 0.356 e. The molecule has 4 heteroatoms. The average molecular weight is 174 g/mol. The maximum atomic E-state index is 4.44. The van der Waals surface area contributed by atoms with Crippen LogP contribution < -0.4 is 5.32 Å². The fraction of sp³-hybridized carbons (Fsp3) is 0.333. The van der Waals surface area contributed by atoms with Crippen LogP contribution in [0.5, 0.6) is 0 Å². The smallest absolute Gasteiger partial charge is 0.205 e. The van der Waals surface area contributed by atoms with Crippen LogP contribution in [0.4, 0.5) is 5.95 Å². The summed E-state index contributed by atoms with van der Waals surface area (Å²) in [5.41, 5.74) is 1.97. The first-order valence-corrected chi connectivity index (χ1v) is 4.50. The molecule has 4 nitrogen and oxygen atoms in total. The van der Waals surface area contributed by atoms with Gasteiger partial charge in [-0.15, -0.1) is 0 Å². The van der Waals surface area contributed by atoms with Gasteiger partial charge in [-0.2, -0.15) is 0 Å². The van der Waals surface area contributed by atoms with Gasteiger partial charge in [0.1, 0.15) is 5.52 Å². The van der Waals surface area contributed by atoms with Crippen molar-refractivity contribution in [3.05, 3.63) is 18.3 Å². The summed E-state index contributed by atoms with van der Waals surface area (Å²) in [5, 5.41) is 3.26. The van der Waals surface area contributed by atoms with Gasteiger partial charge in [-0.1, -0.05) is 0 Å². The summed E-state index contributed by atoms with van der Waals surface area (Å²) < 4.78 is 2.14. The highest BCUT2D eigenvalue weighted by molar-refractivity contribution is 5.74. The van der Waals surface area contributed by atoms with Crippen LogP contribution in [0.1, 0.15) is 6.42 Å². The van der Waals surface area contributed by atoms with Crippen LogP contribution in [0.25, 0.3) is 11.2 Å². The Hall–Kier alpha value is -1.58. The minimum Gasteiger partial charge on any atom is -0.356 e. The summed E-state index contributed by atoms with van der Waals surface area (Å²) in [4.78, 5) is 8.76. The molecule has 0 atom stereocenters. The van der Waals surface area contributed by atoms with Gasteiger partial charge < -0.3 is 5.32 Å². The standard InChI is InChI=1S/C9H10N4/c1-3-7-8(10-4-1)13-6-2-5-11-9(13)12-7/h1,3-4H,2,5-6H2,(H,11,12). The molecule has 1 aliphatic heterocycles. The van der Waals surface area contributed by atoms with Crippen molar-refractivity contribution in [2.45, 2.75) is 13.0 Å². The highest BCUT2D eigenvalue weighted by Crippen LogP contribution is 2.20. The van der Waals surface area contributed by atoms with Crippen molar-refractivity contribution in [3.8, 4) is 0 Å². The quantitative estimate of drug-likeness (QED) is 0.653. The summed E-state index contributed by atoms with van der Waals surface area (Å²) in [6.45, 7) is 2.04. The summed E-state index contributed by atoms with van der Waals surface area (Å²) in [5.74, 6) is 0.958. The van der Waals surface area contributed by atoms with Crippen molar-refractivity contribution in [2.75, 3.05) is 11.9 Å². The van der Waals surface area contributed by atoms with Crippen molar-refractivity contribution in [1.82, 2.24) is 14.5 Å². The molecule has 2 aromatic heterocycles. The average Bonchev–Trinajstić information content (AvgIpc) is 2.56. The topological polar surface area (TPSA) is 42.7 Å². The van der Waals surface area contributed by atoms with Gasteiger partial charge in [0.05, 0.1) is 0 Å². The van der Waals surface area contributed by atoms with E-state index in [4.69, 9.17) is 0 Å². The molecule has 0 radical (unpaired) electrons. The molecule has 0 aliphatic carbocycles. The third-order valence-corrected chi connectivity index (χ3v) is 2.35. The molecule has 0 fully saturated rings. The lowest BCUT2D eigenvalue weighted by molar-refractivity contribution is 0.638. The number of nitrogens with zero attached hydrogens (tertiary/aromatic N) is 3. The SMILES string of the molecule is c1cnc2c(c1)nc1n2CCCN1. The van der Waals surface area contributed by atoms with Crippen LogP contribution in [-0.2, 0) is 6.54 Å². The summed E-state index contributed by atoms with van der Waals surface area (Å²) in [6.07, 6.45) is 2.96. The number of aryl methyl sites for hydroxylation is 1. The van der Waals surface area contributed by atoms with Gasteiger partial charge in [-0.3, -0.25) is 4.57 Å². The zero-order valence-corrected chi connectivity index (χ0v) is 7.20. The lowest BCUT2D eigenvalue weighted by atomic mass is 10.3. The molecule has 0 saturated heterocycles. The van der Waals surface area contributed by atoms with Gasteiger partial charge in [0, 0.05) is 19.3 Å². The molecule has 2 aromatic rings. The number of fused-ring (bicyclic) bond motifs is 3. The molecule has 0 bridgehead atoms. The zero-order chi connectivity index (χ0) is 8.67. The second-order valence-electron chi connectivity index (χ2n) is 3.21. The molecule has 3 heterocycles. The van der Waals surface area contributed by atoms with Crippen LogP contribution in [-0.4, -0.2) is 21.1 Å². The molecule has 1 N–H and O–H groups in total. The molecule has 0 saturated carbocycles. The van der Waals surface area contributed by atoms with E-state index in [1.54, 1.807) is 0 Å². The van der Waals surface area contributed by atoms with Crippen molar-refractivity contribution in [2.24, 2.45) is 0 Å². The Balaban J connectivity index is 2.34. The van der Waals surface area contributed by atoms with E-state index in [9.17, 15) is 0 Å². The molecule has 13 heavy (non-hydrogen) atoms. The van der Waals surface area contributed by atoms with Crippen LogP contribution in [0.3, 0.4) is 0 Å². The van der Waals surface area contributed by atoms with Crippen LogP contribution in [0, 0.1) is 0 Å². The van der Waals surface area contributed by atoms with Crippen LogP contribution >= 0.6 is 0 Å². The Labute approximate surface area is 75.6 Å². The highest BCUT2D eigenvalue weighted by Gasteiger charge is 2.13. The number of imidazole rings is 1. The van der Waals surface area contributed by atoms with Gasteiger partial charge in [0.2, 0.25) is 5.95 Å². The van der Waals surface area contributed by atoms with E-state index in [1.165, 1.54) is 0 Å². The Morgan fingerprint density at radius 3 is 3.46 bits per heavy atom. The number of hydrogen-bond donors (Lipinski definition) is 1. The Bertz CT molecular complexity index is 446. The Kier molecular flexibility index (Phi) is 1.30. The van der Waals surface area contributed by atoms with E-state index < -0.39 is 0 Å². The van der Waals surface area contributed by atoms with Crippen molar-refractivity contribution in [3.63, 3.8) is 0 Å². The van der Waals surface area contributed by atoms with Gasteiger partial charge in [-0.05, 0) is 18.6 Å². The van der Waals surface area contributed by atoms with E-state index in [0.29, 0.717) is 0 Å². The van der Waals surface area contributed by atoms with Crippen LogP contribution in [0.15, 0.2) is 18.3 Å². The van der Waals surface area contributed by atoms with E-state index >= 15 is 0 Å². The van der Waals surface area contributed by atoms with E-state index in [1.807, 2.05) is 18.3 Å². The number of anilines is 1. The van der Waals surface area contributed by atoms with E-state index in [2.05, 4.69) is 19.9 Å². The second-order valence-corrected chi connectivity index (χ2v) is 3.21. The molecule has 66 valence electrons. The molecule has 0 spiro atoms. The fourth-order valence-electron chi connectivity index (χ4n) is 1.74. The summed E-state index contributed by atoms with van der Waals surface area (Å²) in [7, 11) is 0. The summed E-state index contributed by atoms with van der Waals surface area (Å²) in [6, 6.07) is 3.91. The molecule has 0 aromatic carbocycles. The Morgan fingerprint density at radius 2 is 2.46 bits per heavy atom. The minimum atomic E-state index is 0.958. The lowest BCUT2D eigenvalue weighted by Crippen LogP contribution is -2.17. The molecular weight excluding hydrogens is 164 g/mol. The Morgan fingerprint density at radius 1 is 1.46 bits per heavy atom. The number of aromatic nitrogens is 3. The molecule has 0 amide bonds. The van der Waals surface area contributed by atoms with Gasteiger partial charge >= 0.3 is 0 Å². The zero-order valence-electron chi connectivity index (χ0n) is 7.20. The number of nitrogens with one attached hydrogen (secondary N) is 1. The van der Waals surface area contributed by atoms with Crippen molar-refractivity contribution in [1.29, 1.82) is 0 Å². The van der Waals surface area contributed by atoms with Crippen LogP contribution in [0.2, 0.25) is 0 Å². The van der Waals surface area contributed by atoms with Crippen molar-refractivity contribution < 1.29 is 0 Å². The predicted octanol–water partition coefficient (Wildman–Crippen LogP) is 1.25. The van der Waals surface area contributed by atoms with Gasteiger partial charge in [0.25, 0.3) is 0 Å².